The molecule has 0 unspecified atom stereocenters. The largest absolute Gasteiger partial charge is 0.271 e. The van der Waals surface area contributed by atoms with Gasteiger partial charge in [-0.1, -0.05) is 47.5 Å². The number of carbonyl (C=O) groups excluding carboxylic acids is 1. The minimum Gasteiger partial charge on any atom is -0.271 e. The predicted octanol–water partition coefficient (Wildman–Crippen LogP) is 2.87. The van der Waals surface area contributed by atoms with Gasteiger partial charge in [-0.05, 0) is 31.5 Å². The number of aryl methyl sites for hydroxylation is 2. The van der Waals surface area contributed by atoms with Crippen molar-refractivity contribution in [1.82, 2.24) is 5.43 Å². The second kappa shape index (κ2) is 8.33. The van der Waals surface area contributed by atoms with Crippen LogP contribution in [0.1, 0.15) is 16.7 Å². The van der Waals surface area contributed by atoms with Gasteiger partial charge in [0, 0.05) is 10.6 Å². The monoisotopic (exact) mass is 393 g/mol. The van der Waals surface area contributed by atoms with Gasteiger partial charge >= 0.3 is 0 Å². The number of sulfonamides is 1. The Bertz CT molecular complexity index is 942. The number of hydrazone groups is 1. The number of hydrogen-bond acceptors (Lipinski definition) is 4. The van der Waals surface area contributed by atoms with Crippen molar-refractivity contribution in [3.05, 3.63) is 64.2 Å². The maximum absolute atomic E-state index is 12.2. The molecule has 0 bridgehead atoms. The molecule has 0 aliphatic heterocycles. The number of benzene rings is 2. The van der Waals surface area contributed by atoms with Crippen LogP contribution >= 0.6 is 11.6 Å². The highest BCUT2D eigenvalue weighted by Gasteiger charge is 2.22. The Morgan fingerprint density at radius 2 is 1.92 bits per heavy atom. The standard InChI is InChI=1S/C18H20ClN3O3S/c1-13-8-9-17(14(2)10-13)22(26(3,24)25)12-18(23)21-20-11-15-6-4-5-7-16(15)19/h4-11H,12H2,1-3H3,(H,21,23)/b20-11-. The van der Waals surface area contributed by atoms with E-state index in [0.717, 1.165) is 21.7 Å². The molecule has 26 heavy (non-hydrogen) atoms. The Morgan fingerprint density at radius 3 is 2.54 bits per heavy atom. The third kappa shape index (κ3) is 5.31. The van der Waals surface area contributed by atoms with Crippen molar-refractivity contribution < 1.29 is 13.2 Å². The summed E-state index contributed by atoms with van der Waals surface area (Å²) in [7, 11) is -3.63. The van der Waals surface area contributed by atoms with Crippen LogP contribution in [-0.2, 0) is 14.8 Å². The van der Waals surface area contributed by atoms with Gasteiger partial charge in [0.1, 0.15) is 6.54 Å². The molecule has 6 nitrogen and oxygen atoms in total. The zero-order chi connectivity index (χ0) is 19.3. The topological polar surface area (TPSA) is 78.8 Å². The lowest BCUT2D eigenvalue weighted by Gasteiger charge is -2.23. The van der Waals surface area contributed by atoms with Gasteiger partial charge in [0.05, 0.1) is 18.2 Å². The van der Waals surface area contributed by atoms with E-state index in [2.05, 4.69) is 10.5 Å². The summed E-state index contributed by atoms with van der Waals surface area (Å²) >= 11 is 6.00. The van der Waals surface area contributed by atoms with Crippen LogP contribution in [0.15, 0.2) is 47.6 Å². The zero-order valence-corrected chi connectivity index (χ0v) is 16.3. The summed E-state index contributed by atoms with van der Waals surface area (Å²) in [6.07, 6.45) is 2.47. The molecule has 0 atom stereocenters. The highest BCUT2D eigenvalue weighted by Crippen LogP contribution is 2.23. The minimum absolute atomic E-state index is 0.372. The minimum atomic E-state index is -3.63. The van der Waals surface area contributed by atoms with Crippen LogP contribution in [0.3, 0.4) is 0 Å². The first-order valence-electron chi connectivity index (χ1n) is 7.80. The summed E-state index contributed by atoms with van der Waals surface area (Å²) in [5, 5.41) is 4.34. The van der Waals surface area contributed by atoms with Crippen molar-refractivity contribution in [2.24, 2.45) is 5.10 Å². The van der Waals surface area contributed by atoms with E-state index in [-0.39, 0.29) is 6.54 Å². The molecule has 2 rings (SSSR count). The number of amides is 1. The molecule has 138 valence electrons. The molecular formula is C18H20ClN3O3S. The van der Waals surface area contributed by atoms with Crippen molar-refractivity contribution in [2.45, 2.75) is 13.8 Å². The van der Waals surface area contributed by atoms with Crippen molar-refractivity contribution >= 4 is 39.4 Å². The van der Waals surface area contributed by atoms with E-state index < -0.39 is 15.9 Å². The fraction of sp³-hybridized carbons (Fsp3) is 0.222. The number of nitrogens with zero attached hydrogens (tertiary/aromatic N) is 2. The lowest BCUT2D eigenvalue weighted by Crippen LogP contribution is -2.39. The van der Waals surface area contributed by atoms with Crippen molar-refractivity contribution in [3.8, 4) is 0 Å². The molecule has 0 radical (unpaired) electrons. The molecule has 0 spiro atoms. The second-order valence-corrected chi connectivity index (χ2v) is 8.19. The summed E-state index contributed by atoms with van der Waals surface area (Å²) in [5.41, 5.74) is 5.21. The number of anilines is 1. The predicted molar refractivity (Wildman–Crippen MR) is 105 cm³/mol. The molecule has 0 aromatic heterocycles. The molecule has 0 aliphatic rings. The second-order valence-electron chi connectivity index (χ2n) is 5.87. The Kier molecular flexibility index (Phi) is 6.39. The Balaban J connectivity index is 2.14. The summed E-state index contributed by atoms with van der Waals surface area (Å²) in [6.45, 7) is 3.34. The quantitative estimate of drug-likeness (QED) is 0.605. The maximum Gasteiger partial charge on any atom is 0.260 e. The Labute approximate surface area is 158 Å². The molecule has 8 heteroatoms. The van der Waals surface area contributed by atoms with Gasteiger partial charge < -0.3 is 0 Å². The van der Waals surface area contributed by atoms with Gasteiger partial charge in [0.25, 0.3) is 5.91 Å². The van der Waals surface area contributed by atoms with Crippen LogP contribution < -0.4 is 9.73 Å². The molecule has 0 saturated carbocycles. The van der Waals surface area contributed by atoms with Crippen LogP contribution in [0.4, 0.5) is 5.69 Å². The van der Waals surface area contributed by atoms with Crippen LogP contribution in [-0.4, -0.2) is 33.3 Å². The maximum atomic E-state index is 12.2. The summed E-state index contributed by atoms with van der Waals surface area (Å²) in [5.74, 6) is -0.557. The smallest absolute Gasteiger partial charge is 0.260 e. The average molecular weight is 394 g/mol. The Morgan fingerprint density at radius 1 is 1.23 bits per heavy atom. The van der Waals surface area contributed by atoms with Gasteiger partial charge in [0.2, 0.25) is 10.0 Å². The van der Waals surface area contributed by atoms with Gasteiger partial charge in [-0.2, -0.15) is 5.10 Å². The first-order valence-corrected chi connectivity index (χ1v) is 10.0. The SMILES string of the molecule is Cc1ccc(N(CC(=O)N/N=C\c2ccccc2Cl)S(C)(=O)=O)c(C)c1. The van der Waals surface area contributed by atoms with E-state index in [4.69, 9.17) is 11.6 Å². The highest BCUT2D eigenvalue weighted by atomic mass is 35.5. The first kappa shape index (κ1) is 19.9. The molecule has 2 aromatic rings. The van der Waals surface area contributed by atoms with Crippen molar-refractivity contribution in [1.29, 1.82) is 0 Å². The van der Waals surface area contributed by atoms with Gasteiger partial charge in [-0.15, -0.1) is 0 Å². The van der Waals surface area contributed by atoms with E-state index in [0.29, 0.717) is 16.3 Å². The fourth-order valence-electron chi connectivity index (χ4n) is 2.39. The van der Waals surface area contributed by atoms with E-state index in [1.165, 1.54) is 6.21 Å². The van der Waals surface area contributed by atoms with Crippen LogP contribution in [0, 0.1) is 13.8 Å². The Hall–Kier alpha value is -2.38. The molecule has 0 aliphatic carbocycles. The van der Waals surface area contributed by atoms with Gasteiger partial charge in [-0.25, -0.2) is 13.8 Å². The molecule has 0 heterocycles. The van der Waals surface area contributed by atoms with Crippen LogP contribution in [0.2, 0.25) is 5.02 Å². The molecule has 0 saturated heterocycles. The van der Waals surface area contributed by atoms with Crippen molar-refractivity contribution in [2.75, 3.05) is 17.1 Å². The van der Waals surface area contributed by atoms with E-state index in [9.17, 15) is 13.2 Å². The summed E-state index contributed by atoms with van der Waals surface area (Å²) < 4.78 is 25.3. The third-order valence-corrected chi connectivity index (χ3v) is 5.08. The van der Waals surface area contributed by atoms with Gasteiger partial charge in [-0.3, -0.25) is 9.10 Å². The normalized spacial score (nSPS) is 11.5. The number of hydrogen-bond donors (Lipinski definition) is 1. The van der Waals surface area contributed by atoms with E-state index in [1.807, 2.05) is 13.0 Å². The number of carbonyl (C=O) groups is 1. The average Bonchev–Trinajstić information content (AvgIpc) is 2.54. The molecule has 1 N–H and O–H groups in total. The summed E-state index contributed by atoms with van der Waals surface area (Å²) in [6, 6.07) is 12.4. The fourth-order valence-corrected chi connectivity index (χ4v) is 3.48. The molecular weight excluding hydrogens is 374 g/mol. The van der Waals surface area contributed by atoms with Gasteiger partial charge in [0.15, 0.2) is 0 Å². The molecule has 2 aromatic carbocycles. The number of nitrogens with one attached hydrogen (secondary N) is 1. The lowest BCUT2D eigenvalue weighted by atomic mass is 10.1. The van der Waals surface area contributed by atoms with Crippen LogP contribution in [0.25, 0.3) is 0 Å². The third-order valence-electron chi connectivity index (χ3n) is 3.61. The van der Waals surface area contributed by atoms with Crippen LogP contribution in [0.5, 0.6) is 0 Å². The number of rotatable bonds is 6. The van der Waals surface area contributed by atoms with E-state index >= 15 is 0 Å². The molecule has 0 fully saturated rings. The van der Waals surface area contributed by atoms with E-state index in [1.54, 1.807) is 43.3 Å². The molecule has 1 amide bonds. The number of halogens is 1. The highest BCUT2D eigenvalue weighted by molar-refractivity contribution is 7.92. The lowest BCUT2D eigenvalue weighted by molar-refractivity contribution is -0.119. The summed E-state index contributed by atoms with van der Waals surface area (Å²) in [4.78, 5) is 12.2. The van der Waals surface area contributed by atoms with Crippen molar-refractivity contribution in [3.63, 3.8) is 0 Å². The first-order chi connectivity index (χ1) is 12.2. The zero-order valence-electron chi connectivity index (χ0n) is 14.7.